The number of carbonyl (C=O) groups excluding carboxylic acids is 1. The van der Waals surface area contributed by atoms with Gasteiger partial charge in [0.25, 0.3) is 0 Å². The van der Waals surface area contributed by atoms with Crippen LogP contribution >= 0.6 is 0 Å². The van der Waals surface area contributed by atoms with Crippen LogP contribution in [0, 0.1) is 6.92 Å². The van der Waals surface area contributed by atoms with Gasteiger partial charge in [-0.2, -0.15) is 0 Å². The summed E-state index contributed by atoms with van der Waals surface area (Å²) in [6.07, 6.45) is 2.66. The highest BCUT2D eigenvalue weighted by atomic mass is 16.5. The summed E-state index contributed by atoms with van der Waals surface area (Å²) in [5, 5.41) is 1.26. The molecule has 0 aliphatic carbocycles. The van der Waals surface area contributed by atoms with E-state index in [0.29, 0.717) is 6.04 Å². The highest BCUT2D eigenvalue weighted by molar-refractivity contribution is 5.87. The summed E-state index contributed by atoms with van der Waals surface area (Å²) in [6, 6.07) is 9.70. The first-order valence-corrected chi connectivity index (χ1v) is 9.70. The molecular formula is C21H29N3O2. The second kappa shape index (κ2) is 7.05. The fourth-order valence-electron chi connectivity index (χ4n) is 4.77. The van der Waals surface area contributed by atoms with Crippen molar-refractivity contribution < 1.29 is 9.53 Å². The van der Waals surface area contributed by atoms with Crippen molar-refractivity contribution in [3.8, 4) is 0 Å². The Morgan fingerprint density at radius 3 is 2.88 bits per heavy atom. The van der Waals surface area contributed by atoms with E-state index in [2.05, 4.69) is 46.4 Å². The minimum Gasteiger partial charge on any atom is -0.468 e. The summed E-state index contributed by atoms with van der Waals surface area (Å²) in [5.74, 6) is -0.201. The van der Waals surface area contributed by atoms with Crippen molar-refractivity contribution in [2.45, 2.75) is 51.9 Å². The summed E-state index contributed by atoms with van der Waals surface area (Å²) in [6.45, 7) is 9.29. The zero-order chi connectivity index (χ0) is 18.3. The second-order valence-corrected chi connectivity index (χ2v) is 7.81. The molecule has 2 aliphatic heterocycles. The number of para-hydroxylation sites is 1. The summed E-state index contributed by atoms with van der Waals surface area (Å²) in [5.41, 5.74) is 3.65. The quantitative estimate of drug-likeness (QED) is 0.791. The van der Waals surface area contributed by atoms with Gasteiger partial charge in [-0.15, -0.1) is 0 Å². The van der Waals surface area contributed by atoms with E-state index in [1.807, 2.05) is 6.07 Å². The minimum absolute atomic E-state index is 0.201. The molecule has 1 unspecified atom stereocenters. The lowest BCUT2D eigenvalue weighted by molar-refractivity contribution is -0.141. The summed E-state index contributed by atoms with van der Waals surface area (Å²) < 4.78 is 7.01. The summed E-state index contributed by atoms with van der Waals surface area (Å²) in [4.78, 5) is 17.2. The predicted octanol–water partition coefficient (Wildman–Crippen LogP) is 2.79. The van der Waals surface area contributed by atoms with E-state index in [-0.39, 0.29) is 12.5 Å². The van der Waals surface area contributed by atoms with Gasteiger partial charge in [0.1, 0.15) is 6.54 Å². The van der Waals surface area contributed by atoms with E-state index >= 15 is 0 Å². The predicted molar refractivity (Wildman–Crippen MR) is 103 cm³/mol. The van der Waals surface area contributed by atoms with Crippen LogP contribution < -0.4 is 0 Å². The van der Waals surface area contributed by atoms with Gasteiger partial charge in [0.15, 0.2) is 0 Å². The third kappa shape index (κ3) is 3.03. The number of fused-ring (bicyclic) bond motifs is 2. The zero-order valence-electron chi connectivity index (χ0n) is 16.1. The molecule has 2 fully saturated rings. The number of piperazine rings is 1. The lowest BCUT2D eigenvalue weighted by Gasteiger charge is -2.42. The first kappa shape index (κ1) is 17.6. The van der Waals surface area contributed by atoms with E-state index < -0.39 is 0 Å². The number of ether oxygens (including phenoxy) is 1. The Morgan fingerprint density at radius 2 is 2.08 bits per heavy atom. The first-order valence-electron chi connectivity index (χ1n) is 9.70. The van der Waals surface area contributed by atoms with Gasteiger partial charge in [-0.1, -0.05) is 18.2 Å². The van der Waals surface area contributed by atoms with E-state index in [9.17, 15) is 4.79 Å². The van der Waals surface area contributed by atoms with E-state index in [1.165, 1.54) is 49.7 Å². The molecule has 26 heavy (non-hydrogen) atoms. The Balaban J connectivity index is 1.66. The molecule has 0 saturated carbocycles. The Hall–Kier alpha value is -1.85. The molecule has 2 aliphatic rings. The van der Waals surface area contributed by atoms with Crippen molar-refractivity contribution >= 4 is 16.9 Å². The Labute approximate surface area is 155 Å². The number of nitrogens with zero attached hydrogens (tertiary/aromatic N) is 3. The molecule has 0 spiro atoms. The number of carbonyl (C=O) groups is 1. The third-order valence-corrected chi connectivity index (χ3v) is 6.30. The lowest BCUT2D eigenvalue weighted by Crippen LogP contribution is -2.54. The number of hydrogen-bond donors (Lipinski definition) is 0. The van der Waals surface area contributed by atoms with Crippen molar-refractivity contribution in [1.82, 2.24) is 14.4 Å². The molecule has 2 saturated heterocycles. The highest BCUT2D eigenvalue weighted by Gasteiger charge is 2.34. The van der Waals surface area contributed by atoms with E-state index in [4.69, 9.17) is 4.74 Å². The van der Waals surface area contributed by atoms with Gasteiger partial charge in [-0.25, -0.2) is 0 Å². The van der Waals surface area contributed by atoms with Crippen LogP contribution in [-0.2, 0) is 22.6 Å². The fraction of sp³-hybridized carbons (Fsp3) is 0.571. The normalized spacial score (nSPS) is 24.1. The maximum Gasteiger partial charge on any atom is 0.325 e. The van der Waals surface area contributed by atoms with Crippen LogP contribution in [0.4, 0.5) is 0 Å². The van der Waals surface area contributed by atoms with Crippen LogP contribution in [0.15, 0.2) is 24.3 Å². The maximum absolute atomic E-state index is 11.9. The Bertz CT molecular complexity index is 813. The van der Waals surface area contributed by atoms with Crippen LogP contribution in [0.25, 0.3) is 10.9 Å². The molecule has 3 heterocycles. The molecule has 0 amide bonds. The highest BCUT2D eigenvalue weighted by Crippen LogP contribution is 2.30. The van der Waals surface area contributed by atoms with Gasteiger partial charge in [0.2, 0.25) is 0 Å². The van der Waals surface area contributed by atoms with Crippen LogP contribution in [0.5, 0.6) is 0 Å². The zero-order valence-corrected chi connectivity index (χ0v) is 16.1. The smallest absolute Gasteiger partial charge is 0.325 e. The molecule has 2 atom stereocenters. The van der Waals surface area contributed by atoms with Gasteiger partial charge >= 0.3 is 5.97 Å². The Kier molecular flexibility index (Phi) is 4.76. The molecule has 5 heteroatoms. The molecule has 0 N–H and O–H groups in total. The number of methoxy groups -OCH3 is 1. The van der Waals surface area contributed by atoms with E-state index in [1.54, 1.807) is 0 Å². The molecule has 1 aromatic carbocycles. The number of aromatic nitrogens is 1. The van der Waals surface area contributed by atoms with Crippen LogP contribution in [-0.4, -0.2) is 59.2 Å². The van der Waals surface area contributed by atoms with E-state index in [0.717, 1.165) is 24.6 Å². The molecule has 0 radical (unpaired) electrons. The van der Waals surface area contributed by atoms with Gasteiger partial charge < -0.3 is 9.30 Å². The van der Waals surface area contributed by atoms with Gasteiger partial charge in [0, 0.05) is 48.3 Å². The summed E-state index contributed by atoms with van der Waals surface area (Å²) in [7, 11) is 1.45. The van der Waals surface area contributed by atoms with Gasteiger partial charge in [-0.05, 0) is 44.9 Å². The van der Waals surface area contributed by atoms with Gasteiger partial charge in [0.05, 0.1) is 7.11 Å². The third-order valence-electron chi connectivity index (χ3n) is 6.30. The van der Waals surface area contributed by atoms with Gasteiger partial charge in [-0.3, -0.25) is 14.6 Å². The van der Waals surface area contributed by atoms with Crippen LogP contribution in [0.3, 0.4) is 0 Å². The lowest BCUT2D eigenvalue weighted by atomic mass is 10.0. The largest absolute Gasteiger partial charge is 0.468 e. The number of benzene rings is 1. The molecular weight excluding hydrogens is 326 g/mol. The van der Waals surface area contributed by atoms with Crippen molar-refractivity contribution in [2.75, 3.05) is 26.7 Å². The fourth-order valence-corrected chi connectivity index (χ4v) is 4.77. The second-order valence-electron chi connectivity index (χ2n) is 7.81. The average molecular weight is 355 g/mol. The Morgan fingerprint density at radius 1 is 1.27 bits per heavy atom. The maximum atomic E-state index is 11.9. The first-order chi connectivity index (χ1) is 12.6. The molecule has 5 nitrogen and oxygen atoms in total. The van der Waals surface area contributed by atoms with Crippen LogP contribution in [0.1, 0.15) is 31.0 Å². The monoisotopic (exact) mass is 355 g/mol. The topological polar surface area (TPSA) is 37.7 Å². The van der Waals surface area contributed by atoms with Crippen molar-refractivity contribution in [1.29, 1.82) is 0 Å². The molecule has 0 bridgehead atoms. The molecule has 140 valence electrons. The number of hydrogen-bond acceptors (Lipinski definition) is 4. The molecule has 4 rings (SSSR count). The van der Waals surface area contributed by atoms with Crippen molar-refractivity contribution in [3.63, 3.8) is 0 Å². The molecule has 1 aromatic heterocycles. The van der Waals surface area contributed by atoms with Crippen molar-refractivity contribution in [3.05, 3.63) is 35.5 Å². The minimum atomic E-state index is -0.201. The average Bonchev–Trinajstić information content (AvgIpc) is 3.19. The summed E-state index contributed by atoms with van der Waals surface area (Å²) >= 11 is 0. The van der Waals surface area contributed by atoms with Crippen LogP contribution in [0.2, 0.25) is 0 Å². The van der Waals surface area contributed by atoms with Crippen molar-refractivity contribution in [2.24, 2.45) is 0 Å². The molecule has 2 aromatic rings. The number of esters is 1. The number of rotatable bonds is 4. The standard InChI is InChI=1S/C21H29N3O2/c1-15-11-22-10-6-7-17(22)12-23(15)13-19-16(2)24(14-21(25)26-3)20-9-5-4-8-18(19)20/h4-5,8-9,15,17H,6-7,10-14H2,1-3H3/t15-,17?/m0/s1. The SMILES string of the molecule is COC(=O)Cn1c(C)c(CN2CC3CCCN3C[C@@H]2C)c2ccccc21.